The van der Waals surface area contributed by atoms with Crippen LogP contribution in [0.1, 0.15) is 83.6 Å². The summed E-state index contributed by atoms with van der Waals surface area (Å²) in [5.74, 6) is 1.99. The predicted molar refractivity (Wildman–Crippen MR) is 189 cm³/mol. The molecule has 2 saturated carbocycles. The zero-order chi connectivity index (χ0) is 33.9. The van der Waals surface area contributed by atoms with E-state index in [-0.39, 0.29) is 17.0 Å². The summed E-state index contributed by atoms with van der Waals surface area (Å²) in [7, 11) is 0. The SMILES string of the molecule is Cc1c(-c2ccc(N3CCc4cccc(C(=O)Nc5cn6ccccc6n5)c4C3)nc2C(=O)O)cnn1CC12CC(C)CC(CC(C)C1)C2. The molecule has 3 aliphatic rings. The molecule has 5 aromatic rings. The van der Waals surface area contributed by atoms with Gasteiger partial charge in [-0.05, 0) is 110 Å². The lowest BCUT2D eigenvalue weighted by Crippen LogP contribution is -2.42. The third-order valence-corrected chi connectivity index (χ3v) is 11.2. The molecule has 2 unspecified atom stereocenters. The number of fused-ring (bicyclic) bond motifs is 4. The van der Waals surface area contributed by atoms with Crippen molar-refractivity contribution in [2.45, 2.75) is 72.4 Å². The minimum Gasteiger partial charge on any atom is -0.476 e. The Labute approximate surface area is 286 Å². The number of aromatic carboxylic acids is 1. The summed E-state index contributed by atoms with van der Waals surface area (Å²) >= 11 is 0. The van der Waals surface area contributed by atoms with Crippen LogP contribution in [-0.2, 0) is 19.5 Å². The van der Waals surface area contributed by atoms with Crippen molar-refractivity contribution >= 4 is 29.2 Å². The second-order valence-corrected chi connectivity index (χ2v) is 15.0. The first-order valence-electron chi connectivity index (χ1n) is 17.5. The maximum absolute atomic E-state index is 13.5. The Bertz CT molecular complexity index is 2030. The van der Waals surface area contributed by atoms with Crippen LogP contribution in [0.3, 0.4) is 0 Å². The highest BCUT2D eigenvalue weighted by atomic mass is 16.4. The standard InChI is InChI=1S/C39H43N7O3/c1-24-15-27-16-25(2)18-39(17-24,19-27)23-46-26(3)31(20-40-46)29-10-11-35(43-36(29)38(48)49)45-14-12-28-7-6-8-30(32(28)21-45)37(47)42-33-22-44-13-5-4-9-34(44)41-33/h4-11,13,20,22,24-25,27H,12,14-19,21,23H2,1-3H3,(H,42,47)(H,48,49). The number of carbonyl (C=O) groups excluding carboxylic acids is 1. The number of rotatable bonds is 7. The number of carboxylic acids is 1. The molecule has 10 nitrogen and oxygen atoms in total. The quantitative estimate of drug-likeness (QED) is 0.189. The molecule has 0 radical (unpaired) electrons. The van der Waals surface area contributed by atoms with E-state index in [2.05, 4.69) is 46.7 Å². The highest BCUT2D eigenvalue weighted by Crippen LogP contribution is 2.53. The third-order valence-electron chi connectivity index (χ3n) is 11.2. The number of pyridine rings is 2. The number of hydrogen-bond acceptors (Lipinski definition) is 6. The van der Waals surface area contributed by atoms with E-state index >= 15 is 0 Å². The number of amides is 1. The minimum absolute atomic E-state index is 0.0135. The summed E-state index contributed by atoms with van der Waals surface area (Å²) in [5, 5.41) is 18.2. The van der Waals surface area contributed by atoms with Crippen molar-refractivity contribution < 1.29 is 14.7 Å². The lowest BCUT2D eigenvalue weighted by Gasteiger charge is -2.50. The molecule has 2 bridgehead atoms. The molecule has 2 N–H and O–H groups in total. The van der Waals surface area contributed by atoms with Gasteiger partial charge in [-0.1, -0.05) is 32.0 Å². The minimum atomic E-state index is -1.07. The fourth-order valence-electron chi connectivity index (χ4n) is 9.46. The smallest absolute Gasteiger partial charge is 0.355 e. The number of nitrogens with one attached hydrogen (secondary N) is 1. The fraction of sp³-hybridized carbons (Fsp3) is 0.410. The van der Waals surface area contributed by atoms with Crippen molar-refractivity contribution in [2.75, 3.05) is 16.8 Å². The van der Waals surface area contributed by atoms with Gasteiger partial charge in [-0.2, -0.15) is 5.10 Å². The Balaban J connectivity index is 1.04. The van der Waals surface area contributed by atoms with Crippen LogP contribution in [0.4, 0.5) is 11.6 Å². The molecule has 5 heterocycles. The van der Waals surface area contributed by atoms with Crippen molar-refractivity contribution in [3.05, 3.63) is 95.2 Å². The van der Waals surface area contributed by atoms with Crippen molar-refractivity contribution in [3.8, 4) is 11.1 Å². The maximum atomic E-state index is 13.5. The van der Waals surface area contributed by atoms with Crippen LogP contribution in [-0.4, -0.2) is 47.7 Å². The number of carboxylic acid groups (broad SMARTS) is 1. The molecule has 0 spiro atoms. The number of benzene rings is 1. The monoisotopic (exact) mass is 657 g/mol. The molecule has 252 valence electrons. The van der Waals surface area contributed by atoms with E-state index in [1.54, 1.807) is 6.20 Å². The highest BCUT2D eigenvalue weighted by Gasteiger charge is 2.44. The number of anilines is 2. The van der Waals surface area contributed by atoms with Crippen molar-refractivity contribution in [1.29, 1.82) is 0 Å². The molecular weight excluding hydrogens is 614 g/mol. The zero-order valence-electron chi connectivity index (χ0n) is 28.4. The van der Waals surface area contributed by atoms with Gasteiger partial charge in [-0.3, -0.25) is 9.48 Å². The molecule has 1 aromatic carbocycles. The highest BCUT2D eigenvalue weighted by molar-refractivity contribution is 6.05. The maximum Gasteiger partial charge on any atom is 0.355 e. The van der Waals surface area contributed by atoms with E-state index in [1.165, 1.54) is 32.1 Å². The van der Waals surface area contributed by atoms with Gasteiger partial charge in [0.2, 0.25) is 0 Å². The summed E-state index contributed by atoms with van der Waals surface area (Å²) in [6.45, 7) is 8.81. The number of aromatic nitrogens is 5. The Morgan fingerprint density at radius 1 is 0.980 bits per heavy atom. The van der Waals surface area contributed by atoms with Crippen molar-refractivity contribution in [1.82, 2.24) is 24.1 Å². The average molecular weight is 658 g/mol. The van der Waals surface area contributed by atoms with Crippen LogP contribution < -0.4 is 10.2 Å². The molecule has 2 fully saturated rings. The van der Waals surface area contributed by atoms with Crippen LogP contribution in [0, 0.1) is 30.1 Å². The normalized spacial score (nSPS) is 23.3. The summed E-state index contributed by atoms with van der Waals surface area (Å²) in [5.41, 5.74) is 5.96. The lowest BCUT2D eigenvalue weighted by atomic mass is 9.57. The van der Waals surface area contributed by atoms with E-state index in [0.717, 1.165) is 52.3 Å². The Hall–Kier alpha value is -4.99. The van der Waals surface area contributed by atoms with Gasteiger partial charge in [-0.15, -0.1) is 0 Å². The molecule has 1 aliphatic heterocycles. The van der Waals surface area contributed by atoms with E-state index in [0.29, 0.717) is 42.3 Å². The summed E-state index contributed by atoms with van der Waals surface area (Å²) in [6, 6.07) is 15.3. The van der Waals surface area contributed by atoms with E-state index in [1.807, 2.05) is 59.3 Å². The van der Waals surface area contributed by atoms with Gasteiger partial charge in [0.25, 0.3) is 5.91 Å². The fourth-order valence-corrected chi connectivity index (χ4v) is 9.46. The molecular formula is C39H43N7O3. The molecule has 2 atom stereocenters. The van der Waals surface area contributed by atoms with Crippen LogP contribution in [0.5, 0.6) is 0 Å². The second-order valence-electron chi connectivity index (χ2n) is 15.0. The third kappa shape index (κ3) is 5.87. The van der Waals surface area contributed by atoms with Gasteiger partial charge in [0, 0.05) is 48.2 Å². The topological polar surface area (TPSA) is 118 Å². The van der Waals surface area contributed by atoms with Gasteiger partial charge in [0.15, 0.2) is 11.5 Å². The van der Waals surface area contributed by atoms with Gasteiger partial charge in [0.05, 0.1) is 12.4 Å². The van der Waals surface area contributed by atoms with Gasteiger partial charge in [0.1, 0.15) is 11.5 Å². The molecule has 4 aromatic heterocycles. The second kappa shape index (κ2) is 12.2. The Kier molecular flexibility index (Phi) is 7.76. The summed E-state index contributed by atoms with van der Waals surface area (Å²) in [4.78, 5) is 37.5. The van der Waals surface area contributed by atoms with Crippen LogP contribution >= 0.6 is 0 Å². The van der Waals surface area contributed by atoms with E-state index in [4.69, 9.17) is 10.1 Å². The van der Waals surface area contributed by atoms with Crippen molar-refractivity contribution in [3.63, 3.8) is 0 Å². The lowest BCUT2D eigenvalue weighted by molar-refractivity contribution is 0.00176. The molecule has 1 amide bonds. The van der Waals surface area contributed by atoms with Crippen LogP contribution in [0.15, 0.2) is 67.1 Å². The average Bonchev–Trinajstić information content (AvgIpc) is 3.64. The number of hydrogen-bond donors (Lipinski definition) is 2. The molecule has 8 rings (SSSR count). The molecule has 49 heavy (non-hydrogen) atoms. The largest absolute Gasteiger partial charge is 0.476 e. The molecule has 2 aliphatic carbocycles. The number of nitrogens with zero attached hydrogens (tertiary/aromatic N) is 6. The van der Waals surface area contributed by atoms with E-state index < -0.39 is 5.97 Å². The van der Waals surface area contributed by atoms with Crippen molar-refractivity contribution in [2.24, 2.45) is 23.2 Å². The summed E-state index contributed by atoms with van der Waals surface area (Å²) < 4.78 is 3.98. The number of carbonyl (C=O) groups is 2. The zero-order valence-corrected chi connectivity index (χ0v) is 28.4. The van der Waals surface area contributed by atoms with Gasteiger partial charge >= 0.3 is 5.97 Å². The predicted octanol–water partition coefficient (Wildman–Crippen LogP) is 7.27. The van der Waals surface area contributed by atoms with Gasteiger partial charge in [-0.25, -0.2) is 14.8 Å². The molecule has 10 heteroatoms. The van der Waals surface area contributed by atoms with E-state index in [9.17, 15) is 14.7 Å². The Morgan fingerprint density at radius 3 is 2.57 bits per heavy atom. The summed E-state index contributed by atoms with van der Waals surface area (Å²) in [6.07, 6.45) is 12.6. The van der Waals surface area contributed by atoms with Crippen LogP contribution in [0.2, 0.25) is 0 Å². The van der Waals surface area contributed by atoms with Gasteiger partial charge < -0.3 is 19.7 Å². The first kappa shape index (κ1) is 31.3. The first-order valence-corrected chi connectivity index (χ1v) is 17.5. The Morgan fingerprint density at radius 2 is 1.80 bits per heavy atom. The number of imidazole rings is 1. The molecule has 0 saturated heterocycles. The van der Waals surface area contributed by atoms with Crippen LogP contribution in [0.25, 0.3) is 16.8 Å². The first-order chi connectivity index (χ1) is 23.6.